The van der Waals surface area contributed by atoms with Crippen LogP contribution < -0.4 is 5.48 Å². The molecular weight excluding hydrogens is 343 g/mol. The van der Waals surface area contributed by atoms with E-state index in [1.807, 2.05) is 11.5 Å². The summed E-state index contributed by atoms with van der Waals surface area (Å²) in [6.45, 7) is 2.64. The second-order valence-corrected chi connectivity index (χ2v) is 6.17. The minimum absolute atomic E-state index is 0.298. The van der Waals surface area contributed by atoms with Crippen LogP contribution in [0.1, 0.15) is 17.3 Å². The van der Waals surface area contributed by atoms with E-state index in [2.05, 4.69) is 10.2 Å². The zero-order valence-electron chi connectivity index (χ0n) is 13.3. The van der Waals surface area contributed by atoms with Gasteiger partial charge in [-0.25, -0.2) is 9.87 Å². The number of carbonyl (C=O) groups is 1. The van der Waals surface area contributed by atoms with Gasteiger partial charge in [0.15, 0.2) is 11.0 Å². The van der Waals surface area contributed by atoms with Crippen LogP contribution in [0, 0.1) is 5.82 Å². The Morgan fingerprint density at radius 1 is 1.16 bits per heavy atom. The number of nitrogens with zero attached hydrogens (tertiary/aromatic N) is 3. The molecule has 0 saturated carbocycles. The highest BCUT2D eigenvalue weighted by Crippen LogP contribution is 2.29. The second-order valence-electron chi connectivity index (χ2n) is 5.12. The van der Waals surface area contributed by atoms with Crippen molar-refractivity contribution in [1.29, 1.82) is 0 Å². The van der Waals surface area contributed by atoms with Gasteiger partial charge >= 0.3 is 0 Å². The Hall–Kier alpha value is -2.71. The topological polar surface area (TPSA) is 80.0 Å². The van der Waals surface area contributed by atoms with Crippen molar-refractivity contribution in [2.24, 2.45) is 0 Å². The van der Waals surface area contributed by atoms with Crippen molar-refractivity contribution in [2.75, 3.05) is 0 Å². The summed E-state index contributed by atoms with van der Waals surface area (Å²) in [6, 6.07) is 12.9. The van der Waals surface area contributed by atoms with Gasteiger partial charge in [-0.3, -0.25) is 10.0 Å². The monoisotopic (exact) mass is 358 g/mol. The van der Waals surface area contributed by atoms with Crippen molar-refractivity contribution in [3.05, 3.63) is 59.9 Å². The molecule has 0 spiro atoms. The molecule has 0 aliphatic heterocycles. The Labute approximate surface area is 147 Å². The molecule has 0 radical (unpaired) electrons. The first-order chi connectivity index (χ1) is 12.1. The van der Waals surface area contributed by atoms with Gasteiger partial charge in [-0.05, 0) is 67.2 Å². The molecule has 8 heteroatoms. The molecule has 25 heavy (non-hydrogen) atoms. The molecule has 2 N–H and O–H groups in total. The molecule has 0 aliphatic carbocycles. The SMILES string of the molecule is CCn1c(Sc2ccc(C(=O)NO)cc2)nnc1-c1ccc(F)cc1. The molecule has 1 heterocycles. The largest absolute Gasteiger partial charge is 0.302 e. The van der Waals surface area contributed by atoms with Crippen LogP contribution in [0.5, 0.6) is 0 Å². The van der Waals surface area contributed by atoms with E-state index in [1.54, 1.807) is 41.9 Å². The molecule has 6 nitrogen and oxygen atoms in total. The van der Waals surface area contributed by atoms with E-state index in [1.165, 1.54) is 23.9 Å². The van der Waals surface area contributed by atoms with Crippen LogP contribution >= 0.6 is 11.8 Å². The zero-order chi connectivity index (χ0) is 17.8. The molecular formula is C17H15FN4O2S. The number of benzene rings is 2. The number of hydrogen-bond acceptors (Lipinski definition) is 5. The first-order valence-electron chi connectivity index (χ1n) is 7.54. The molecule has 1 aromatic heterocycles. The van der Waals surface area contributed by atoms with Gasteiger partial charge in [0.2, 0.25) is 0 Å². The maximum absolute atomic E-state index is 13.1. The summed E-state index contributed by atoms with van der Waals surface area (Å²) >= 11 is 1.41. The molecule has 128 valence electrons. The summed E-state index contributed by atoms with van der Waals surface area (Å²) in [5, 5.41) is 17.8. The number of halogens is 1. The van der Waals surface area contributed by atoms with Crippen molar-refractivity contribution in [2.45, 2.75) is 23.5 Å². The lowest BCUT2D eigenvalue weighted by molar-refractivity contribution is 0.0706. The fourth-order valence-electron chi connectivity index (χ4n) is 2.31. The number of amides is 1. The van der Waals surface area contributed by atoms with Gasteiger partial charge in [0.1, 0.15) is 5.82 Å². The van der Waals surface area contributed by atoms with Gasteiger partial charge in [0.25, 0.3) is 5.91 Å². The third-order valence-electron chi connectivity index (χ3n) is 3.56. The molecule has 0 aliphatic rings. The van der Waals surface area contributed by atoms with Gasteiger partial charge in [-0.1, -0.05) is 0 Å². The van der Waals surface area contributed by atoms with Gasteiger partial charge in [-0.2, -0.15) is 0 Å². The second kappa shape index (κ2) is 7.45. The predicted molar refractivity (Wildman–Crippen MR) is 90.9 cm³/mol. The van der Waals surface area contributed by atoms with E-state index in [0.29, 0.717) is 23.1 Å². The maximum Gasteiger partial charge on any atom is 0.274 e. The first kappa shape index (κ1) is 17.1. The third kappa shape index (κ3) is 3.70. The first-order valence-corrected chi connectivity index (χ1v) is 8.35. The lowest BCUT2D eigenvalue weighted by atomic mass is 10.2. The Balaban J connectivity index is 1.86. The zero-order valence-corrected chi connectivity index (χ0v) is 14.1. The van der Waals surface area contributed by atoms with Crippen LogP contribution in [0.4, 0.5) is 4.39 Å². The average Bonchev–Trinajstić information content (AvgIpc) is 3.05. The number of nitrogens with one attached hydrogen (secondary N) is 1. The fraction of sp³-hybridized carbons (Fsp3) is 0.118. The highest BCUT2D eigenvalue weighted by Gasteiger charge is 2.14. The molecule has 0 bridgehead atoms. The molecule has 0 fully saturated rings. The Bertz CT molecular complexity index is 879. The number of carbonyl (C=O) groups excluding carboxylic acids is 1. The molecule has 3 aromatic rings. The number of hydroxylamine groups is 1. The van der Waals surface area contributed by atoms with Crippen molar-refractivity contribution in [3.8, 4) is 11.4 Å². The van der Waals surface area contributed by atoms with Crippen LogP contribution in [0.2, 0.25) is 0 Å². The van der Waals surface area contributed by atoms with Crippen molar-refractivity contribution >= 4 is 17.7 Å². The van der Waals surface area contributed by atoms with Gasteiger partial charge in [0, 0.05) is 22.6 Å². The van der Waals surface area contributed by atoms with Crippen LogP contribution in [-0.4, -0.2) is 25.9 Å². The summed E-state index contributed by atoms with van der Waals surface area (Å²) in [6.07, 6.45) is 0. The highest BCUT2D eigenvalue weighted by molar-refractivity contribution is 7.99. The van der Waals surface area contributed by atoms with Crippen LogP contribution in [0.25, 0.3) is 11.4 Å². The summed E-state index contributed by atoms with van der Waals surface area (Å²) in [5.41, 5.74) is 2.74. The summed E-state index contributed by atoms with van der Waals surface area (Å²) in [7, 11) is 0. The lowest BCUT2D eigenvalue weighted by Crippen LogP contribution is -2.18. The highest BCUT2D eigenvalue weighted by atomic mass is 32.2. The Kier molecular flexibility index (Phi) is 5.11. The third-order valence-corrected chi connectivity index (χ3v) is 4.56. The molecule has 3 rings (SSSR count). The Morgan fingerprint density at radius 2 is 1.84 bits per heavy atom. The van der Waals surface area contributed by atoms with E-state index in [-0.39, 0.29) is 5.82 Å². The molecule has 0 unspecified atom stereocenters. The van der Waals surface area contributed by atoms with Gasteiger partial charge in [0.05, 0.1) is 0 Å². The van der Waals surface area contributed by atoms with E-state index in [4.69, 9.17) is 5.21 Å². The van der Waals surface area contributed by atoms with Gasteiger partial charge in [-0.15, -0.1) is 10.2 Å². The van der Waals surface area contributed by atoms with E-state index in [9.17, 15) is 9.18 Å². The molecule has 0 saturated heterocycles. The maximum atomic E-state index is 13.1. The molecule has 1 amide bonds. The van der Waals surface area contributed by atoms with Gasteiger partial charge < -0.3 is 4.57 Å². The minimum atomic E-state index is -0.563. The minimum Gasteiger partial charge on any atom is -0.302 e. The van der Waals surface area contributed by atoms with Crippen LogP contribution in [0.15, 0.2) is 58.6 Å². The van der Waals surface area contributed by atoms with Crippen LogP contribution in [-0.2, 0) is 6.54 Å². The summed E-state index contributed by atoms with van der Waals surface area (Å²) < 4.78 is 15.0. The quantitative estimate of drug-likeness (QED) is 0.540. The number of aromatic nitrogens is 3. The van der Waals surface area contributed by atoms with Crippen molar-refractivity contribution < 1.29 is 14.4 Å². The predicted octanol–water partition coefficient (Wildman–Crippen LogP) is 3.37. The fourth-order valence-corrected chi connectivity index (χ4v) is 3.20. The molecule has 0 atom stereocenters. The summed E-state index contributed by atoms with van der Waals surface area (Å²) in [4.78, 5) is 12.2. The standard InChI is InChI=1S/C17H15FN4O2S/c1-2-22-15(11-3-7-13(18)8-4-11)19-20-17(22)25-14-9-5-12(6-10-14)16(23)21-24/h3-10,24H,2H2,1H3,(H,21,23). The number of hydrogen-bond donors (Lipinski definition) is 2. The smallest absolute Gasteiger partial charge is 0.274 e. The number of rotatable bonds is 5. The van der Waals surface area contributed by atoms with E-state index in [0.717, 1.165) is 10.5 Å². The molecule has 2 aromatic carbocycles. The normalized spacial score (nSPS) is 10.7. The van der Waals surface area contributed by atoms with Crippen molar-refractivity contribution in [3.63, 3.8) is 0 Å². The Morgan fingerprint density at radius 3 is 2.44 bits per heavy atom. The van der Waals surface area contributed by atoms with Crippen molar-refractivity contribution in [1.82, 2.24) is 20.2 Å². The van der Waals surface area contributed by atoms with Crippen LogP contribution in [0.3, 0.4) is 0 Å². The van der Waals surface area contributed by atoms with E-state index < -0.39 is 5.91 Å². The lowest BCUT2D eigenvalue weighted by Gasteiger charge is -2.07. The average molecular weight is 358 g/mol. The van der Waals surface area contributed by atoms with E-state index >= 15 is 0 Å². The summed E-state index contributed by atoms with van der Waals surface area (Å²) in [5.74, 6) is -0.193.